The van der Waals surface area contributed by atoms with E-state index in [1.54, 1.807) is 6.07 Å². The van der Waals surface area contributed by atoms with Gasteiger partial charge in [0.1, 0.15) is 12.3 Å². The van der Waals surface area contributed by atoms with Gasteiger partial charge in [-0.1, -0.05) is 54.1 Å². The Balaban J connectivity index is 0.00000380. The van der Waals surface area contributed by atoms with Crippen LogP contribution in [0, 0.1) is 20.8 Å². The molecule has 8 nitrogen and oxygen atoms in total. The zero-order chi connectivity index (χ0) is 25.9. The highest BCUT2D eigenvalue weighted by Crippen LogP contribution is 2.22. The summed E-state index contributed by atoms with van der Waals surface area (Å²) >= 11 is 0. The highest BCUT2D eigenvalue weighted by molar-refractivity contribution is 7.90. The minimum atomic E-state index is -4.15. The SMILES string of the molecule is Cc1cc(C)c(Cn2nc(OCc3ccccc3)cc2C(=O)NS(=O)(=O)c2cccc(N)c2)c(C)c1.[HH]. The molecule has 4 rings (SSSR count). The van der Waals surface area contributed by atoms with Gasteiger partial charge in [0.25, 0.3) is 15.9 Å². The van der Waals surface area contributed by atoms with Crippen LogP contribution in [0.1, 0.15) is 39.7 Å². The highest BCUT2D eigenvalue weighted by Gasteiger charge is 2.24. The van der Waals surface area contributed by atoms with Crippen molar-refractivity contribution in [2.45, 2.75) is 38.8 Å². The smallest absolute Gasteiger partial charge is 0.283 e. The van der Waals surface area contributed by atoms with E-state index in [1.807, 2.05) is 51.1 Å². The average Bonchev–Trinajstić information content (AvgIpc) is 3.23. The molecule has 0 bridgehead atoms. The van der Waals surface area contributed by atoms with E-state index in [0.29, 0.717) is 0 Å². The molecule has 0 radical (unpaired) electrons. The summed E-state index contributed by atoms with van der Waals surface area (Å²) in [4.78, 5) is 13.1. The third kappa shape index (κ3) is 5.75. The maximum Gasteiger partial charge on any atom is 0.283 e. The third-order valence-corrected chi connectivity index (χ3v) is 7.09. The molecule has 0 unspecified atom stereocenters. The molecule has 3 aromatic carbocycles. The fourth-order valence-electron chi connectivity index (χ4n) is 4.02. The minimum absolute atomic E-state index is 0. The van der Waals surface area contributed by atoms with Gasteiger partial charge >= 0.3 is 0 Å². The molecule has 1 aromatic heterocycles. The number of nitrogen functional groups attached to an aromatic ring is 1. The van der Waals surface area contributed by atoms with E-state index in [9.17, 15) is 13.2 Å². The van der Waals surface area contributed by atoms with E-state index < -0.39 is 15.9 Å². The van der Waals surface area contributed by atoms with Gasteiger partial charge < -0.3 is 10.5 Å². The van der Waals surface area contributed by atoms with Crippen LogP contribution in [0.2, 0.25) is 0 Å². The molecule has 0 saturated carbocycles. The molecule has 9 heteroatoms. The van der Waals surface area contributed by atoms with Gasteiger partial charge in [0, 0.05) is 13.2 Å². The summed E-state index contributed by atoms with van der Waals surface area (Å²) in [6.07, 6.45) is 0. The second-order valence-electron chi connectivity index (χ2n) is 8.68. The Morgan fingerprint density at radius 3 is 2.36 bits per heavy atom. The summed E-state index contributed by atoms with van der Waals surface area (Å²) in [5.74, 6) is -0.602. The number of amides is 1. The largest absolute Gasteiger partial charge is 0.472 e. The molecule has 0 aliphatic carbocycles. The standard InChI is InChI=1S/C27H28N4O4S.H2/c1-18-12-19(2)24(20(3)13-18)16-31-25(15-26(29-31)35-17-21-8-5-4-6-9-21)27(32)30-36(33,34)23-11-7-10-22(28)14-23;/h4-15H,16-17,28H2,1-3H3,(H,30,32);1H. The number of anilines is 1. The van der Waals surface area contributed by atoms with Crippen LogP contribution < -0.4 is 15.2 Å². The molecule has 36 heavy (non-hydrogen) atoms. The molecule has 1 amide bonds. The number of rotatable bonds is 8. The van der Waals surface area contributed by atoms with Crippen molar-refractivity contribution in [1.29, 1.82) is 0 Å². The van der Waals surface area contributed by atoms with Crippen molar-refractivity contribution < 1.29 is 19.4 Å². The van der Waals surface area contributed by atoms with Crippen LogP contribution in [-0.4, -0.2) is 24.1 Å². The fourth-order valence-corrected chi connectivity index (χ4v) is 5.04. The van der Waals surface area contributed by atoms with Gasteiger partial charge in [0.05, 0.1) is 11.4 Å². The lowest BCUT2D eigenvalue weighted by molar-refractivity contribution is 0.0971. The zero-order valence-corrected chi connectivity index (χ0v) is 21.2. The van der Waals surface area contributed by atoms with Crippen molar-refractivity contribution in [2.75, 3.05) is 5.73 Å². The number of nitrogens with zero attached hydrogens (tertiary/aromatic N) is 2. The van der Waals surface area contributed by atoms with Gasteiger partial charge in [-0.05, 0) is 61.2 Å². The molecule has 0 spiro atoms. The summed E-state index contributed by atoms with van der Waals surface area (Å²) in [5.41, 5.74) is 11.2. The van der Waals surface area contributed by atoms with Crippen LogP contribution in [0.25, 0.3) is 0 Å². The minimum Gasteiger partial charge on any atom is -0.472 e. The maximum absolute atomic E-state index is 13.2. The number of nitrogens with two attached hydrogens (primary N) is 1. The van der Waals surface area contributed by atoms with Crippen molar-refractivity contribution in [3.8, 4) is 5.88 Å². The van der Waals surface area contributed by atoms with Crippen LogP contribution in [0.5, 0.6) is 5.88 Å². The molecule has 0 atom stereocenters. The van der Waals surface area contributed by atoms with Crippen LogP contribution in [-0.2, 0) is 23.2 Å². The van der Waals surface area contributed by atoms with E-state index in [2.05, 4.69) is 22.0 Å². The Bertz CT molecular complexity index is 1500. The summed E-state index contributed by atoms with van der Waals surface area (Å²) < 4.78 is 35.1. The topological polar surface area (TPSA) is 116 Å². The predicted octanol–water partition coefficient (Wildman–Crippen LogP) is 4.38. The van der Waals surface area contributed by atoms with Crippen molar-refractivity contribution in [1.82, 2.24) is 14.5 Å². The van der Waals surface area contributed by atoms with Gasteiger partial charge in [-0.2, -0.15) is 0 Å². The van der Waals surface area contributed by atoms with Crippen LogP contribution >= 0.6 is 0 Å². The van der Waals surface area contributed by atoms with Gasteiger partial charge in [-0.15, -0.1) is 5.10 Å². The second kappa shape index (κ2) is 10.2. The van der Waals surface area contributed by atoms with E-state index in [4.69, 9.17) is 10.5 Å². The number of hydrogen-bond acceptors (Lipinski definition) is 6. The molecule has 0 aliphatic heterocycles. The Kier molecular flexibility index (Phi) is 7.12. The molecule has 4 aromatic rings. The predicted molar refractivity (Wildman–Crippen MR) is 140 cm³/mol. The van der Waals surface area contributed by atoms with Crippen LogP contribution in [0.4, 0.5) is 5.69 Å². The summed E-state index contributed by atoms with van der Waals surface area (Å²) in [5, 5.41) is 4.48. The highest BCUT2D eigenvalue weighted by atomic mass is 32.2. The van der Waals surface area contributed by atoms with E-state index >= 15 is 0 Å². The summed E-state index contributed by atoms with van der Waals surface area (Å²) in [6, 6.07) is 20.9. The number of sulfonamides is 1. The molecule has 0 aliphatic rings. The maximum atomic E-state index is 13.2. The first-order chi connectivity index (χ1) is 17.1. The Morgan fingerprint density at radius 1 is 1.00 bits per heavy atom. The number of carbonyl (C=O) groups excluding carboxylic acids is 1. The number of aryl methyl sites for hydroxylation is 3. The lowest BCUT2D eigenvalue weighted by Gasteiger charge is -2.14. The lowest BCUT2D eigenvalue weighted by Crippen LogP contribution is -2.32. The van der Waals surface area contributed by atoms with E-state index in [-0.39, 0.29) is 36.7 Å². The van der Waals surface area contributed by atoms with Crippen molar-refractivity contribution in [3.63, 3.8) is 0 Å². The summed E-state index contributed by atoms with van der Waals surface area (Å²) in [6.45, 7) is 6.54. The molecular weight excluding hydrogens is 476 g/mol. The number of nitrogens with one attached hydrogen (secondary N) is 1. The Morgan fingerprint density at radius 2 is 1.69 bits per heavy atom. The quantitative estimate of drug-likeness (QED) is 0.343. The number of benzene rings is 3. The first kappa shape index (κ1) is 25.0. The van der Waals surface area contributed by atoms with Crippen molar-refractivity contribution >= 4 is 21.6 Å². The van der Waals surface area contributed by atoms with Crippen molar-refractivity contribution in [3.05, 3.63) is 106 Å². The molecule has 1 heterocycles. The van der Waals surface area contributed by atoms with Crippen LogP contribution in [0.15, 0.2) is 77.7 Å². The fraction of sp³-hybridized carbons (Fsp3) is 0.185. The van der Waals surface area contributed by atoms with Gasteiger partial charge in [-0.25, -0.2) is 13.1 Å². The van der Waals surface area contributed by atoms with Crippen LogP contribution in [0.3, 0.4) is 0 Å². The summed E-state index contributed by atoms with van der Waals surface area (Å²) in [7, 11) is -4.15. The second-order valence-corrected chi connectivity index (χ2v) is 10.4. The molecule has 188 valence electrons. The number of hydrogen-bond donors (Lipinski definition) is 2. The first-order valence-electron chi connectivity index (χ1n) is 11.4. The first-order valence-corrected chi connectivity index (χ1v) is 12.8. The molecule has 3 N–H and O–H groups in total. The number of ether oxygens (including phenoxy) is 1. The van der Waals surface area contributed by atoms with Crippen molar-refractivity contribution in [2.24, 2.45) is 0 Å². The zero-order valence-electron chi connectivity index (χ0n) is 20.4. The van der Waals surface area contributed by atoms with Gasteiger partial charge in [-0.3, -0.25) is 9.48 Å². The molecule has 0 fully saturated rings. The van der Waals surface area contributed by atoms with Gasteiger partial charge in [0.2, 0.25) is 5.88 Å². The molecule has 0 saturated heterocycles. The number of aromatic nitrogens is 2. The number of carbonyl (C=O) groups is 1. The Labute approximate surface area is 212 Å². The monoisotopic (exact) mass is 506 g/mol. The normalized spacial score (nSPS) is 11.3. The van der Waals surface area contributed by atoms with E-state index in [0.717, 1.165) is 27.8 Å². The lowest BCUT2D eigenvalue weighted by atomic mass is 10.00. The average molecular weight is 507 g/mol. The van der Waals surface area contributed by atoms with Gasteiger partial charge in [0.15, 0.2) is 0 Å². The Hall–Kier alpha value is -4.11. The van der Waals surface area contributed by atoms with E-state index in [1.165, 1.54) is 28.9 Å². The molecular formula is C27H30N4O4S. The third-order valence-electron chi connectivity index (χ3n) is 5.76.